The summed E-state index contributed by atoms with van der Waals surface area (Å²) >= 11 is 0. The second kappa shape index (κ2) is 0.760. The third-order valence-corrected chi connectivity index (χ3v) is 2.43. The molecule has 2 aliphatic carbocycles. The maximum atomic E-state index is 10.9. The molecular weight excluding hydrogens is 104 g/mol. The van der Waals surface area contributed by atoms with Gasteiger partial charge in [-0.1, -0.05) is 0 Å². The van der Waals surface area contributed by atoms with E-state index in [1.165, 1.54) is 0 Å². The summed E-state index contributed by atoms with van der Waals surface area (Å²) in [5, 5.41) is 0. The Morgan fingerprint density at radius 2 is 2.50 bits per heavy atom. The molecule has 2 nitrogen and oxygen atoms in total. The second-order valence-corrected chi connectivity index (χ2v) is 2.93. The second-order valence-electron chi connectivity index (χ2n) is 2.93. The van der Waals surface area contributed by atoms with Crippen molar-refractivity contribution < 1.29 is 9.53 Å². The summed E-state index contributed by atoms with van der Waals surface area (Å²) in [6, 6.07) is 0. The first kappa shape index (κ1) is 3.62. The van der Waals surface area contributed by atoms with Crippen molar-refractivity contribution in [1.29, 1.82) is 0 Å². The van der Waals surface area contributed by atoms with Crippen molar-refractivity contribution in [3.8, 4) is 0 Å². The Labute approximate surface area is 46.8 Å². The summed E-state index contributed by atoms with van der Waals surface area (Å²) < 4.78 is 5.07. The molecule has 2 heteroatoms. The molecular formula is C6H6O2. The van der Waals surface area contributed by atoms with Crippen LogP contribution in [0.2, 0.25) is 0 Å². The van der Waals surface area contributed by atoms with Gasteiger partial charge in [0.05, 0.1) is 6.10 Å². The predicted octanol–water partition coefficient (Wildman–Crippen LogP) is -0.0274. The number of hydrogen-bond donors (Lipinski definition) is 0. The fraction of sp³-hybridized carbons (Fsp3) is 0.833. The quantitative estimate of drug-likeness (QED) is 0.410. The third-order valence-electron chi connectivity index (χ3n) is 2.43. The van der Waals surface area contributed by atoms with Gasteiger partial charge in [0.1, 0.15) is 6.10 Å². The largest absolute Gasteiger partial charge is 0.361 e. The minimum absolute atomic E-state index is 0.0683. The van der Waals surface area contributed by atoms with Crippen LogP contribution in [0.5, 0.6) is 0 Å². The minimum atomic E-state index is 0.0683. The predicted molar refractivity (Wildman–Crippen MR) is 25.3 cm³/mol. The van der Waals surface area contributed by atoms with E-state index >= 15 is 0 Å². The minimum Gasteiger partial charge on any atom is -0.361 e. The average molecular weight is 110 g/mol. The van der Waals surface area contributed by atoms with Gasteiger partial charge in [-0.25, -0.2) is 0 Å². The number of Topliss-reactive ketones (excluding diaryl/α,β-unsaturated/α-hetero) is 1. The van der Waals surface area contributed by atoms with Gasteiger partial charge in [-0.2, -0.15) is 0 Å². The van der Waals surface area contributed by atoms with Crippen LogP contribution in [-0.4, -0.2) is 18.0 Å². The molecule has 0 aromatic heterocycles. The van der Waals surface area contributed by atoms with E-state index in [4.69, 9.17) is 4.74 Å². The molecule has 4 atom stereocenters. The van der Waals surface area contributed by atoms with Gasteiger partial charge in [-0.15, -0.1) is 0 Å². The molecule has 3 fully saturated rings. The molecule has 0 aromatic rings. The van der Waals surface area contributed by atoms with E-state index in [1.807, 2.05) is 0 Å². The van der Waals surface area contributed by atoms with E-state index in [2.05, 4.69) is 0 Å². The summed E-state index contributed by atoms with van der Waals surface area (Å²) in [5.41, 5.74) is 0. The van der Waals surface area contributed by atoms with Crippen LogP contribution < -0.4 is 0 Å². The molecule has 2 saturated carbocycles. The molecule has 3 aliphatic rings. The van der Waals surface area contributed by atoms with E-state index in [9.17, 15) is 4.79 Å². The van der Waals surface area contributed by atoms with Gasteiger partial charge in [0.25, 0.3) is 0 Å². The monoisotopic (exact) mass is 110 g/mol. The van der Waals surface area contributed by atoms with Crippen LogP contribution in [0.4, 0.5) is 0 Å². The van der Waals surface area contributed by atoms with Gasteiger partial charge < -0.3 is 4.74 Å². The number of rotatable bonds is 0. The van der Waals surface area contributed by atoms with Crippen LogP contribution in [0, 0.1) is 11.8 Å². The van der Waals surface area contributed by atoms with E-state index in [0.29, 0.717) is 23.7 Å². The lowest BCUT2D eigenvalue weighted by Gasteiger charge is -1.83. The Hall–Kier alpha value is -0.370. The van der Waals surface area contributed by atoms with Gasteiger partial charge in [-0.05, 0) is 12.3 Å². The normalized spacial score (nSPS) is 64.8. The summed E-state index contributed by atoms with van der Waals surface area (Å²) in [5.74, 6) is 1.49. The number of carbonyl (C=O) groups excluding carboxylic acids is 1. The highest BCUT2D eigenvalue weighted by atomic mass is 16.6. The van der Waals surface area contributed by atoms with Gasteiger partial charge >= 0.3 is 0 Å². The number of fused-ring (bicyclic) bond motifs is 3. The maximum Gasteiger partial charge on any atom is 0.167 e. The Bertz CT molecular complexity index is 157. The van der Waals surface area contributed by atoms with Crippen molar-refractivity contribution in [1.82, 2.24) is 0 Å². The van der Waals surface area contributed by atoms with Crippen LogP contribution in [0.15, 0.2) is 0 Å². The lowest BCUT2D eigenvalue weighted by atomic mass is 10.2. The van der Waals surface area contributed by atoms with Crippen LogP contribution in [-0.2, 0) is 9.53 Å². The van der Waals surface area contributed by atoms with Gasteiger partial charge in [0.15, 0.2) is 5.78 Å². The first-order chi connectivity index (χ1) is 3.88. The molecule has 1 heterocycles. The molecule has 0 aromatic carbocycles. The molecule has 0 bridgehead atoms. The Kier molecular flexibility index (Phi) is 0.344. The zero-order chi connectivity index (χ0) is 5.30. The highest BCUT2D eigenvalue weighted by Gasteiger charge is 2.69. The van der Waals surface area contributed by atoms with Crippen molar-refractivity contribution in [2.75, 3.05) is 0 Å². The SMILES string of the molecule is O=C1C2CC2C2OC12. The van der Waals surface area contributed by atoms with Crippen molar-refractivity contribution >= 4 is 5.78 Å². The van der Waals surface area contributed by atoms with E-state index in [1.54, 1.807) is 0 Å². The highest BCUT2D eigenvalue weighted by molar-refractivity contribution is 5.94. The summed E-state index contributed by atoms with van der Waals surface area (Å²) in [6.07, 6.45) is 1.58. The molecule has 42 valence electrons. The summed E-state index contributed by atoms with van der Waals surface area (Å²) in [6.45, 7) is 0. The van der Waals surface area contributed by atoms with Gasteiger partial charge in [0.2, 0.25) is 0 Å². The highest BCUT2D eigenvalue weighted by Crippen LogP contribution is 2.58. The number of ketones is 1. The smallest absolute Gasteiger partial charge is 0.167 e. The van der Waals surface area contributed by atoms with Crippen molar-refractivity contribution in [3.63, 3.8) is 0 Å². The van der Waals surface area contributed by atoms with E-state index in [-0.39, 0.29) is 6.10 Å². The number of carbonyl (C=O) groups is 1. The maximum absolute atomic E-state index is 10.9. The van der Waals surface area contributed by atoms with Crippen LogP contribution in [0.1, 0.15) is 6.42 Å². The molecule has 0 N–H and O–H groups in total. The van der Waals surface area contributed by atoms with Crippen molar-refractivity contribution in [3.05, 3.63) is 0 Å². The zero-order valence-electron chi connectivity index (χ0n) is 4.33. The molecule has 1 saturated heterocycles. The van der Waals surface area contributed by atoms with Crippen molar-refractivity contribution in [2.45, 2.75) is 18.6 Å². The summed E-state index contributed by atoms with van der Waals surface area (Å²) in [4.78, 5) is 10.9. The average Bonchev–Trinajstić information content (AvgIpc) is 2.58. The Morgan fingerprint density at radius 3 is 2.88 bits per heavy atom. The molecule has 4 unspecified atom stereocenters. The number of ether oxygens (including phenoxy) is 1. The number of hydrogen-bond acceptors (Lipinski definition) is 2. The first-order valence-corrected chi connectivity index (χ1v) is 3.07. The molecule has 0 radical (unpaired) electrons. The van der Waals surface area contributed by atoms with Crippen molar-refractivity contribution in [2.24, 2.45) is 11.8 Å². The standard InChI is InChI=1S/C6H6O2/c7-4-2-1-3(2)5-6(4)8-5/h2-3,5-6H,1H2. The third kappa shape index (κ3) is 0.216. The fourth-order valence-corrected chi connectivity index (χ4v) is 1.79. The van der Waals surface area contributed by atoms with Crippen LogP contribution in [0.25, 0.3) is 0 Å². The molecule has 3 rings (SSSR count). The molecule has 0 spiro atoms. The lowest BCUT2D eigenvalue weighted by molar-refractivity contribution is -0.121. The Morgan fingerprint density at radius 1 is 1.62 bits per heavy atom. The lowest BCUT2D eigenvalue weighted by Crippen LogP contribution is -2.04. The van der Waals surface area contributed by atoms with E-state index < -0.39 is 0 Å². The fourth-order valence-electron chi connectivity index (χ4n) is 1.79. The molecule has 1 aliphatic heterocycles. The van der Waals surface area contributed by atoms with Crippen LogP contribution >= 0.6 is 0 Å². The number of epoxide rings is 1. The van der Waals surface area contributed by atoms with Crippen LogP contribution in [0.3, 0.4) is 0 Å². The molecule has 8 heavy (non-hydrogen) atoms. The van der Waals surface area contributed by atoms with Gasteiger partial charge in [0, 0.05) is 5.92 Å². The van der Waals surface area contributed by atoms with E-state index in [0.717, 1.165) is 6.42 Å². The summed E-state index contributed by atoms with van der Waals surface area (Å²) in [7, 11) is 0. The Balaban J connectivity index is 2.09. The topological polar surface area (TPSA) is 29.6 Å². The van der Waals surface area contributed by atoms with Gasteiger partial charge in [-0.3, -0.25) is 4.79 Å². The zero-order valence-corrected chi connectivity index (χ0v) is 4.33. The first-order valence-electron chi connectivity index (χ1n) is 3.07. The molecule has 0 amide bonds.